The number of ether oxygens (including phenoxy) is 2. The van der Waals surface area contributed by atoms with E-state index in [0.29, 0.717) is 21.5 Å². The molecule has 17 heavy (non-hydrogen) atoms. The second-order valence-corrected chi connectivity index (χ2v) is 4.38. The molecule has 7 heteroatoms. The smallest absolute Gasteiger partial charge is 0.401 e. The third-order valence-corrected chi connectivity index (χ3v) is 2.73. The van der Waals surface area contributed by atoms with Gasteiger partial charge in [0.1, 0.15) is 0 Å². The van der Waals surface area contributed by atoms with Gasteiger partial charge in [0.15, 0.2) is 11.5 Å². The van der Waals surface area contributed by atoms with Gasteiger partial charge < -0.3 is 14.8 Å². The molecule has 0 fully saturated rings. The number of nitrogens with one attached hydrogen (secondary N) is 1. The molecule has 0 spiro atoms. The topological polar surface area (TPSA) is 30.5 Å². The predicted octanol–water partition coefficient (Wildman–Crippen LogP) is 2.83. The molecule has 1 aliphatic rings. The van der Waals surface area contributed by atoms with E-state index in [0.717, 1.165) is 0 Å². The van der Waals surface area contributed by atoms with Crippen molar-refractivity contribution in [3.05, 3.63) is 22.2 Å². The van der Waals surface area contributed by atoms with Crippen LogP contribution in [-0.2, 0) is 6.54 Å². The SMILES string of the molecule is FC(F)(F)CNCc1cc(Br)c2c(c1)OCO2. The van der Waals surface area contributed by atoms with Crippen LogP contribution in [0.3, 0.4) is 0 Å². The first-order valence-corrected chi connectivity index (χ1v) is 5.60. The van der Waals surface area contributed by atoms with Crippen LogP contribution >= 0.6 is 15.9 Å². The quantitative estimate of drug-likeness (QED) is 0.931. The molecule has 0 aromatic heterocycles. The fraction of sp³-hybridized carbons (Fsp3) is 0.400. The lowest BCUT2D eigenvalue weighted by Gasteiger charge is -2.09. The molecule has 0 atom stereocenters. The van der Waals surface area contributed by atoms with E-state index < -0.39 is 12.7 Å². The largest absolute Gasteiger partial charge is 0.454 e. The Bertz CT molecular complexity index is 423. The van der Waals surface area contributed by atoms with Crippen LogP contribution in [0.1, 0.15) is 5.56 Å². The van der Waals surface area contributed by atoms with Crippen molar-refractivity contribution in [3.63, 3.8) is 0 Å². The second kappa shape index (κ2) is 4.73. The van der Waals surface area contributed by atoms with Gasteiger partial charge in [-0.05, 0) is 33.6 Å². The van der Waals surface area contributed by atoms with Gasteiger partial charge in [-0.1, -0.05) is 0 Å². The van der Waals surface area contributed by atoms with Crippen LogP contribution in [0.2, 0.25) is 0 Å². The molecule has 1 aromatic carbocycles. The maximum Gasteiger partial charge on any atom is 0.401 e. The van der Waals surface area contributed by atoms with E-state index in [-0.39, 0.29) is 13.3 Å². The van der Waals surface area contributed by atoms with Crippen LogP contribution in [0.15, 0.2) is 16.6 Å². The second-order valence-electron chi connectivity index (χ2n) is 3.53. The molecule has 0 saturated heterocycles. The molecule has 1 N–H and O–H groups in total. The highest BCUT2D eigenvalue weighted by Gasteiger charge is 2.26. The molecule has 0 unspecified atom stereocenters. The first-order valence-electron chi connectivity index (χ1n) is 4.81. The summed E-state index contributed by atoms with van der Waals surface area (Å²) < 4.78 is 46.8. The van der Waals surface area contributed by atoms with E-state index in [1.807, 2.05) is 0 Å². The first kappa shape index (κ1) is 12.5. The minimum Gasteiger partial charge on any atom is -0.454 e. The summed E-state index contributed by atoms with van der Waals surface area (Å²) in [4.78, 5) is 0. The summed E-state index contributed by atoms with van der Waals surface area (Å²) in [5.41, 5.74) is 0.699. The maximum atomic E-state index is 11.9. The van der Waals surface area contributed by atoms with E-state index in [4.69, 9.17) is 9.47 Å². The first-order chi connectivity index (χ1) is 7.96. The lowest BCUT2D eigenvalue weighted by Crippen LogP contribution is -2.28. The Morgan fingerprint density at radius 1 is 1.29 bits per heavy atom. The predicted molar refractivity (Wildman–Crippen MR) is 58.0 cm³/mol. The Labute approximate surface area is 104 Å². The van der Waals surface area contributed by atoms with E-state index in [2.05, 4.69) is 21.2 Å². The number of benzene rings is 1. The summed E-state index contributed by atoms with van der Waals surface area (Å²) in [6.07, 6.45) is -4.20. The summed E-state index contributed by atoms with van der Waals surface area (Å²) in [5, 5.41) is 2.32. The Morgan fingerprint density at radius 3 is 2.76 bits per heavy atom. The highest BCUT2D eigenvalue weighted by molar-refractivity contribution is 9.10. The normalized spacial score (nSPS) is 14.1. The molecular weight excluding hydrogens is 303 g/mol. The van der Waals surface area contributed by atoms with Crippen LogP contribution in [0.4, 0.5) is 13.2 Å². The summed E-state index contributed by atoms with van der Waals surface area (Å²) in [5.74, 6) is 1.13. The molecule has 1 aromatic rings. The third kappa shape index (κ3) is 3.26. The molecule has 0 aliphatic carbocycles. The number of hydrogen-bond acceptors (Lipinski definition) is 3. The fourth-order valence-electron chi connectivity index (χ4n) is 1.47. The Balaban J connectivity index is 2.00. The summed E-state index contributed by atoms with van der Waals surface area (Å²) in [7, 11) is 0. The molecule has 2 rings (SSSR count). The molecule has 94 valence electrons. The fourth-order valence-corrected chi connectivity index (χ4v) is 2.08. The van der Waals surface area contributed by atoms with Gasteiger partial charge in [0.2, 0.25) is 6.79 Å². The summed E-state index contributed by atoms with van der Waals surface area (Å²) >= 11 is 3.27. The number of hydrogen-bond donors (Lipinski definition) is 1. The zero-order valence-corrected chi connectivity index (χ0v) is 10.2. The van der Waals surface area contributed by atoms with Crippen molar-refractivity contribution >= 4 is 15.9 Å². The minimum atomic E-state index is -4.20. The average molecular weight is 312 g/mol. The van der Waals surface area contributed by atoms with Crippen molar-refractivity contribution in [2.45, 2.75) is 12.7 Å². The van der Waals surface area contributed by atoms with Crippen molar-refractivity contribution in [1.82, 2.24) is 5.32 Å². The number of fused-ring (bicyclic) bond motifs is 1. The molecule has 0 radical (unpaired) electrons. The van der Waals surface area contributed by atoms with Gasteiger partial charge in [0.05, 0.1) is 11.0 Å². The van der Waals surface area contributed by atoms with Gasteiger partial charge >= 0.3 is 6.18 Å². The van der Waals surface area contributed by atoms with Crippen LogP contribution in [-0.4, -0.2) is 19.5 Å². The molecule has 1 heterocycles. The van der Waals surface area contributed by atoms with E-state index in [1.165, 1.54) is 0 Å². The standard InChI is InChI=1S/C10H9BrF3NO2/c11-7-1-6(3-15-4-10(12,13)14)2-8-9(7)17-5-16-8/h1-2,15H,3-5H2. The summed E-state index contributed by atoms with van der Waals surface area (Å²) in [6.45, 7) is -0.763. The van der Waals surface area contributed by atoms with Gasteiger partial charge in [-0.3, -0.25) is 0 Å². The highest BCUT2D eigenvalue weighted by Crippen LogP contribution is 2.39. The van der Waals surface area contributed by atoms with E-state index in [9.17, 15) is 13.2 Å². The van der Waals surface area contributed by atoms with Gasteiger partial charge in [-0.25, -0.2) is 0 Å². The molecule has 0 amide bonds. The molecular formula is C10H9BrF3NO2. The van der Waals surface area contributed by atoms with Gasteiger partial charge in [-0.15, -0.1) is 0 Å². The molecule has 1 aliphatic heterocycles. The third-order valence-electron chi connectivity index (χ3n) is 2.14. The van der Waals surface area contributed by atoms with Crippen LogP contribution in [0.25, 0.3) is 0 Å². The van der Waals surface area contributed by atoms with Crippen molar-refractivity contribution < 1.29 is 22.6 Å². The zero-order valence-electron chi connectivity index (χ0n) is 8.60. The summed E-state index contributed by atoms with van der Waals surface area (Å²) in [6, 6.07) is 3.37. The number of halogens is 4. The number of rotatable bonds is 3. The van der Waals surface area contributed by atoms with Crippen molar-refractivity contribution in [2.24, 2.45) is 0 Å². The van der Waals surface area contributed by atoms with Gasteiger partial charge in [0.25, 0.3) is 0 Å². The van der Waals surface area contributed by atoms with E-state index >= 15 is 0 Å². The minimum absolute atomic E-state index is 0.120. The van der Waals surface area contributed by atoms with Crippen molar-refractivity contribution in [1.29, 1.82) is 0 Å². The van der Waals surface area contributed by atoms with Crippen LogP contribution in [0.5, 0.6) is 11.5 Å². The highest BCUT2D eigenvalue weighted by atomic mass is 79.9. The number of alkyl halides is 3. The lowest BCUT2D eigenvalue weighted by atomic mass is 10.2. The zero-order chi connectivity index (χ0) is 12.5. The van der Waals surface area contributed by atoms with Crippen LogP contribution in [0, 0.1) is 0 Å². The molecule has 0 saturated carbocycles. The molecule has 0 bridgehead atoms. The van der Waals surface area contributed by atoms with Crippen LogP contribution < -0.4 is 14.8 Å². The molecule has 3 nitrogen and oxygen atoms in total. The van der Waals surface area contributed by atoms with Gasteiger partial charge in [-0.2, -0.15) is 13.2 Å². The van der Waals surface area contributed by atoms with E-state index in [1.54, 1.807) is 12.1 Å². The Hall–Kier alpha value is -0.950. The van der Waals surface area contributed by atoms with Crippen molar-refractivity contribution in [2.75, 3.05) is 13.3 Å². The Morgan fingerprint density at radius 2 is 2.06 bits per heavy atom. The van der Waals surface area contributed by atoms with Gasteiger partial charge in [0, 0.05) is 6.54 Å². The van der Waals surface area contributed by atoms with Crippen molar-refractivity contribution in [3.8, 4) is 11.5 Å². The lowest BCUT2D eigenvalue weighted by molar-refractivity contribution is -0.125. The Kier molecular flexibility index (Phi) is 3.48. The monoisotopic (exact) mass is 311 g/mol. The average Bonchev–Trinajstić information content (AvgIpc) is 2.64. The maximum absolute atomic E-state index is 11.9.